The number of hydrogen-bond acceptors (Lipinski definition) is 4. The van der Waals surface area contributed by atoms with Crippen molar-refractivity contribution in [3.8, 4) is 0 Å². The van der Waals surface area contributed by atoms with Crippen LogP contribution >= 0.6 is 0 Å². The van der Waals surface area contributed by atoms with E-state index in [0.717, 1.165) is 24.2 Å². The van der Waals surface area contributed by atoms with Crippen molar-refractivity contribution in [3.63, 3.8) is 0 Å². The summed E-state index contributed by atoms with van der Waals surface area (Å²) < 4.78 is 13.8. The Hall–Kier alpha value is -2.74. The van der Waals surface area contributed by atoms with Gasteiger partial charge >= 0.3 is 0 Å². The van der Waals surface area contributed by atoms with E-state index in [9.17, 15) is 14.0 Å². The van der Waals surface area contributed by atoms with Gasteiger partial charge in [-0.2, -0.15) is 5.10 Å². The fourth-order valence-corrected chi connectivity index (χ4v) is 3.72. The Morgan fingerprint density at radius 2 is 2.00 bits per heavy atom. The molecule has 1 aromatic carbocycles. The van der Waals surface area contributed by atoms with E-state index in [1.165, 1.54) is 12.1 Å². The van der Waals surface area contributed by atoms with Crippen LogP contribution < -0.4 is 10.6 Å². The quantitative estimate of drug-likeness (QED) is 0.757. The van der Waals surface area contributed by atoms with Crippen LogP contribution in [0.2, 0.25) is 0 Å². The number of piperidine rings is 1. The Balaban J connectivity index is 1.34. The van der Waals surface area contributed by atoms with E-state index < -0.39 is 5.82 Å². The Kier molecular flexibility index (Phi) is 4.89. The number of aromatic nitrogens is 2. The van der Waals surface area contributed by atoms with Crippen LogP contribution in [0.1, 0.15) is 44.9 Å². The third-order valence-electron chi connectivity index (χ3n) is 5.24. The average Bonchev–Trinajstić information content (AvgIpc) is 3.13. The highest BCUT2D eigenvalue weighted by molar-refractivity contribution is 5.95. The molecule has 0 bridgehead atoms. The van der Waals surface area contributed by atoms with E-state index >= 15 is 0 Å². The summed E-state index contributed by atoms with van der Waals surface area (Å²) in [6.07, 6.45) is 2.06. The monoisotopic (exact) mass is 371 g/mol. The van der Waals surface area contributed by atoms with Crippen LogP contribution in [0.25, 0.3) is 0 Å². The maximum atomic E-state index is 13.8. The van der Waals surface area contributed by atoms with E-state index in [1.54, 1.807) is 17.0 Å². The van der Waals surface area contributed by atoms with Gasteiger partial charge in [0.25, 0.3) is 11.8 Å². The largest absolute Gasteiger partial charge is 0.348 e. The van der Waals surface area contributed by atoms with Crippen LogP contribution in [-0.4, -0.2) is 52.6 Å². The smallest absolute Gasteiger partial charge is 0.272 e. The summed E-state index contributed by atoms with van der Waals surface area (Å²) in [5, 5.41) is 13.4. The molecule has 142 valence electrons. The molecule has 27 heavy (non-hydrogen) atoms. The minimum absolute atomic E-state index is 0.0174. The molecule has 4 rings (SSSR count). The third kappa shape index (κ3) is 3.57. The first-order chi connectivity index (χ1) is 13.1. The van der Waals surface area contributed by atoms with E-state index in [-0.39, 0.29) is 23.4 Å². The van der Waals surface area contributed by atoms with Crippen LogP contribution in [0.5, 0.6) is 0 Å². The number of fused-ring (bicyclic) bond motifs is 1. The molecule has 3 N–H and O–H groups in total. The van der Waals surface area contributed by atoms with Gasteiger partial charge in [-0.1, -0.05) is 12.1 Å². The highest BCUT2D eigenvalue weighted by Crippen LogP contribution is 2.18. The number of carbonyl (C=O) groups excluding carboxylic acids is 2. The number of rotatable bonds is 3. The molecule has 2 aliphatic heterocycles. The summed E-state index contributed by atoms with van der Waals surface area (Å²) >= 11 is 0. The molecule has 0 aliphatic carbocycles. The number of carbonyl (C=O) groups is 2. The standard InChI is InChI=1S/C19H22FN5O2/c20-15-4-2-1-3-13(15)19(27)25-9-6-12(7-10-25)22-18(26)17-14-5-8-21-11-16(14)23-24-17/h1-4,12,21H,5-11H2,(H,22,26)(H,23,24). The number of amides is 2. The van der Waals surface area contributed by atoms with Gasteiger partial charge in [-0.25, -0.2) is 4.39 Å². The van der Waals surface area contributed by atoms with Crippen LogP contribution in [0.4, 0.5) is 4.39 Å². The van der Waals surface area contributed by atoms with Crippen molar-refractivity contribution in [2.75, 3.05) is 19.6 Å². The van der Waals surface area contributed by atoms with Crippen molar-refractivity contribution in [2.24, 2.45) is 0 Å². The molecule has 0 radical (unpaired) electrons. The highest BCUT2D eigenvalue weighted by Gasteiger charge is 2.28. The Morgan fingerprint density at radius 3 is 2.78 bits per heavy atom. The Morgan fingerprint density at radius 1 is 1.22 bits per heavy atom. The molecule has 0 saturated carbocycles. The molecule has 2 amide bonds. The molecule has 7 nitrogen and oxygen atoms in total. The van der Waals surface area contributed by atoms with Crippen molar-refractivity contribution in [1.29, 1.82) is 0 Å². The molecule has 3 heterocycles. The number of benzene rings is 1. The van der Waals surface area contributed by atoms with Crippen molar-refractivity contribution in [3.05, 3.63) is 52.6 Å². The lowest BCUT2D eigenvalue weighted by Crippen LogP contribution is -2.47. The Bertz CT molecular complexity index is 858. The van der Waals surface area contributed by atoms with Crippen molar-refractivity contribution in [1.82, 2.24) is 25.7 Å². The number of nitrogens with one attached hydrogen (secondary N) is 3. The number of nitrogens with zero attached hydrogens (tertiary/aromatic N) is 2. The zero-order valence-corrected chi connectivity index (χ0v) is 14.9. The zero-order valence-electron chi connectivity index (χ0n) is 14.9. The molecule has 2 aromatic rings. The normalized spacial score (nSPS) is 17.4. The van der Waals surface area contributed by atoms with Gasteiger partial charge in [0.2, 0.25) is 0 Å². The van der Waals surface area contributed by atoms with E-state index in [4.69, 9.17) is 0 Å². The summed E-state index contributed by atoms with van der Waals surface area (Å²) in [6.45, 7) is 2.51. The maximum absolute atomic E-state index is 13.8. The first-order valence-electron chi connectivity index (χ1n) is 9.25. The predicted octanol–water partition coefficient (Wildman–Crippen LogP) is 1.23. The molecule has 0 unspecified atom stereocenters. The first kappa shape index (κ1) is 17.7. The number of H-pyrrole nitrogens is 1. The molecule has 8 heteroatoms. The van der Waals surface area contributed by atoms with Crippen molar-refractivity contribution < 1.29 is 14.0 Å². The van der Waals surface area contributed by atoms with Crippen LogP contribution in [0.3, 0.4) is 0 Å². The molecule has 2 aliphatic rings. The summed E-state index contributed by atoms with van der Waals surface area (Å²) in [6, 6.07) is 6.00. The topological polar surface area (TPSA) is 90.1 Å². The van der Waals surface area contributed by atoms with Crippen molar-refractivity contribution in [2.45, 2.75) is 31.8 Å². The first-order valence-corrected chi connectivity index (χ1v) is 9.25. The second-order valence-electron chi connectivity index (χ2n) is 6.98. The lowest BCUT2D eigenvalue weighted by Gasteiger charge is -2.32. The van der Waals surface area contributed by atoms with Crippen LogP contribution in [0, 0.1) is 5.82 Å². The molecule has 0 atom stereocenters. The Labute approximate surface area is 156 Å². The fraction of sp³-hybridized carbons (Fsp3) is 0.421. The van der Waals surface area contributed by atoms with Gasteiger partial charge in [0, 0.05) is 31.2 Å². The van der Waals surface area contributed by atoms with E-state index in [1.807, 2.05) is 0 Å². The summed E-state index contributed by atoms with van der Waals surface area (Å²) in [5.41, 5.74) is 2.52. The van der Waals surface area contributed by atoms with Crippen molar-refractivity contribution >= 4 is 11.8 Å². The number of aromatic amines is 1. The van der Waals surface area contributed by atoms with Gasteiger partial charge in [0.1, 0.15) is 5.82 Å². The molecular formula is C19H22FN5O2. The summed E-state index contributed by atoms with van der Waals surface area (Å²) in [7, 11) is 0. The minimum Gasteiger partial charge on any atom is -0.348 e. The molecule has 1 fully saturated rings. The average molecular weight is 371 g/mol. The number of hydrogen-bond donors (Lipinski definition) is 3. The molecular weight excluding hydrogens is 349 g/mol. The van der Waals surface area contributed by atoms with Gasteiger partial charge in [-0.05, 0) is 37.9 Å². The second-order valence-corrected chi connectivity index (χ2v) is 6.98. The van der Waals surface area contributed by atoms with Gasteiger partial charge < -0.3 is 15.5 Å². The van der Waals surface area contributed by atoms with E-state index in [2.05, 4.69) is 20.8 Å². The lowest BCUT2D eigenvalue weighted by molar-refractivity contribution is 0.0693. The molecule has 0 spiro atoms. The lowest BCUT2D eigenvalue weighted by atomic mass is 10.0. The van der Waals surface area contributed by atoms with Gasteiger partial charge in [0.05, 0.1) is 11.3 Å². The van der Waals surface area contributed by atoms with Gasteiger partial charge in [-0.3, -0.25) is 14.7 Å². The highest BCUT2D eigenvalue weighted by atomic mass is 19.1. The summed E-state index contributed by atoms with van der Waals surface area (Å²) in [4.78, 5) is 26.7. The minimum atomic E-state index is -0.504. The van der Waals surface area contributed by atoms with Crippen LogP contribution in [-0.2, 0) is 13.0 Å². The zero-order chi connectivity index (χ0) is 18.8. The molecule has 1 aromatic heterocycles. The van der Waals surface area contributed by atoms with E-state index in [0.29, 0.717) is 38.2 Å². The molecule has 1 saturated heterocycles. The van der Waals surface area contributed by atoms with Gasteiger partial charge in [-0.15, -0.1) is 0 Å². The maximum Gasteiger partial charge on any atom is 0.272 e. The fourth-order valence-electron chi connectivity index (χ4n) is 3.72. The predicted molar refractivity (Wildman–Crippen MR) is 96.8 cm³/mol. The second kappa shape index (κ2) is 7.48. The SMILES string of the molecule is O=C(NC1CCN(C(=O)c2ccccc2F)CC1)c1n[nH]c2c1CCNC2. The van der Waals surface area contributed by atoms with Crippen LogP contribution in [0.15, 0.2) is 24.3 Å². The van der Waals surface area contributed by atoms with Gasteiger partial charge in [0.15, 0.2) is 5.69 Å². The third-order valence-corrected chi connectivity index (χ3v) is 5.24. The summed E-state index contributed by atoms with van der Waals surface area (Å²) in [5.74, 6) is -0.976. The number of halogens is 1. The number of likely N-dealkylation sites (tertiary alicyclic amines) is 1.